The van der Waals surface area contributed by atoms with Crippen molar-refractivity contribution in [1.29, 1.82) is 0 Å². The van der Waals surface area contributed by atoms with Crippen LogP contribution in [0.3, 0.4) is 0 Å². The number of carbonyl (C=O) groups is 2. The highest BCUT2D eigenvalue weighted by atomic mass is 35.5. The van der Waals surface area contributed by atoms with Gasteiger partial charge in [-0.3, -0.25) is 9.59 Å². The molecule has 0 fully saturated rings. The number of fused-ring (bicyclic) bond motifs is 1. The molecule has 2 amide bonds. The molecule has 2 aromatic carbocycles. The molecule has 9 nitrogen and oxygen atoms in total. The van der Waals surface area contributed by atoms with Gasteiger partial charge in [-0.05, 0) is 48.9 Å². The molecule has 0 saturated heterocycles. The van der Waals surface area contributed by atoms with E-state index in [-0.39, 0.29) is 41.8 Å². The fourth-order valence-corrected chi connectivity index (χ4v) is 4.33. The molecule has 0 atom stereocenters. The van der Waals surface area contributed by atoms with Crippen molar-refractivity contribution in [3.05, 3.63) is 58.9 Å². The van der Waals surface area contributed by atoms with E-state index in [1.54, 1.807) is 24.3 Å². The lowest BCUT2D eigenvalue weighted by molar-refractivity contribution is -0.123. The summed E-state index contributed by atoms with van der Waals surface area (Å²) in [4.78, 5) is 28.5. The number of halogens is 1. The lowest BCUT2D eigenvalue weighted by Crippen LogP contribution is -2.28. The number of hydrogen-bond acceptors (Lipinski definition) is 9. The summed E-state index contributed by atoms with van der Waals surface area (Å²) >= 11 is 8.32. The Morgan fingerprint density at radius 2 is 1.97 bits per heavy atom. The number of nitrogens with one attached hydrogen (secondary N) is 2. The first kappa shape index (κ1) is 23.0. The zero-order valence-corrected chi connectivity index (χ0v) is 19.7. The van der Waals surface area contributed by atoms with Gasteiger partial charge >= 0.3 is 0 Å². The number of benzene rings is 2. The minimum Gasteiger partial charge on any atom is -0.484 e. The summed E-state index contributed by atoms with van der Waals surface area (Å²) in [5.74, 6) is 0.258. The molecule has 0 bridgehead atoms. The number of rotatable bonds is 9. The van der Waals surface area contributed by atoms with Crippen LogP contribution in [0.15, 0.2) is 52.1 Å². The minimum atomic E-state index is -0.345. The van der Waals surface area contributed by atoms with Crippen LogP contribution in [-0.2, 0) is 16.1 Å². The van der Waals surface area contributed by atoms with E-state index in [2.05, 4.69) is 25.8 Å². The molecule has 2 heterocycles. The molecule has 0 aliphatic carbocycles. The smallest absolute Gasteiger partial charge is 0.277 e. The Balaban J connectivity index is 1.19. The van der Waals surface area contributed by atoms with Gasteiger partial charge in [-0.1, -0.05) is 40.8 Å². The van der Waals surface area contributed by atoms with Gasteiger partial charge in [0.15, 0.2) is 11.7 Å². The van der Waals surface area contributed by atoms with E-state index < -0.39 is 0 Å². The summed E-state index contributed by atoms with van der Waals surface area (Å²) in [5, 5.41) is 14.5. The molecule has 4 aromatic rings. The second kappa shape index (κ2) is 10.6. The van der Waals surface area contributed by atoms with E-state index in [4.69, 9.17) is 20.8 Å². The number of anilines is 1. The van der Waals surface area contributed by atoms with Gasteiger partial charge in [0.25, 0.3) is 11.1 Å². The Bertz CT molecular complexity index is 1280. The highest BCUT2D eigenvalue weighted by molar-refractivity contribution is 7.99. The van der Waals surface area contributed by atoms with Gasteiger partial charge in [0.05, 0.1) is 22.5 Å². The normalized spacial score (nSPS) is 10.8. The second-order valence-electron chi connectivity index (χ2n) is 6.81. The van der Waals surface area contributed by atoms with Crippen LogP contribution in [-0.4, -0.2) is 39.4 Å². The van der Waals surface area contributed by atoms with Crippen LogP contribution >= 0.6 is 34.7 Å². The highest BCUT2D eigenvalue weighted by Gasteiger charge is 2.13. The van der Waals surface area contributed by atoms with Crippen LogP contribution in [0.5, 0.6) is 5.75 Å². The zero-order chi connectivity index (χ0) is 23.2. The quantitative estimate of drug-likeness (QED) is 0.328. The maximum Gasteiger partial charge on any atom is 0.277 e. The molecule has 0 aliphatic rings. The van der Waals surface area contributed by atoms with Gasteiger partial charge in [0.2, 0.25) is 11.8 Å². The largest absolute Gasteiger partial charge is 0.484 e. The Morgan fingerprint density at radius 3 is 2.79 bits per heavy atom. The number of amides is 2. The van der Waals surface area contributed by atoms with Crippen molar-refractivity contribution in [2.24, 2.45) is 0 Å². The average molecular weight is 504 g/mol. The number of nitrogens with zero attached hydrogens (tertiary/aromatic N) is 3. The number of hydrogen-bond donors (Lipinski definition) is 2. The number of aromatic nitrogens is 3. The number of thiazole rings is 1. The van der Waals surface area contributed by atoms with Crippen molar-refractivity contribution in [2.45, 2.75) is 18.7 Å². The van der Waals surface area contributed by atoms with Crippen LogP contribution in [0.2, 0.25) is 5.02 Å². The molecular formula is C21H18ClN5O4S2. The summed E-state index contributed by atoms with van der Waals surface area (Å²) in [7, 11) is 0. The average Bonchev–Trinajstić information content (AvgIpc) is 3.41. The van der Waals surface area contributed by atoms with Crippen molar-refractivity contribution < 1.29 is 18.7 Å². The zero-order valence-electron chi connectivity index (χ0n) is 17.3. The third-order valence-electron chi connectivity index (χ3n) is 4.19. The summed E-state index contributed by atoms with van der Waals surface area (Å²) in [6.45, 7) is 1.89. The Kier molecular flexibility index (Phi) is 7.43. The van der Waals surface area contributed by atoms with E-state index in [1.807, 2.05) is 25.1 Å². The van der Waals surface area contributed by atoms with Crippen molar-refractivity contribution in [1.82, 2.24) is 20.5 Å². The van der Waals surface area contributed by atoms with Gasteiger partial charge < -0.3 is 19.8 Å². The van der Waals surface area contributed by atoms with Gasteiger partial charge in [0, 0.05) is 5.02 Å². The third-order valence-corrected chi connectivity index (χ3v) is 6.19. The summed E-state index contributed by atoms with van der Waals surface area (Å²) in [6, 6.07) is 12.6. The predicted octanol–water partition coefficient (Wildman–Crippen LogP) is 4.07. The van der Waals surface area contributed by atoms with Crippen molar-refractivity contribution in [3.63, 3.8) is 0 Å². The van der Waals surface area contributed by atoms with E-state index in [9.17, 15) is 9.59 Å². The molecule has 33 heavy (non-hydrogen) atoms. The Hall–Kier alpha value is -3.15. The second-order valence-corrected chi connectivity index (χ2v) is 9.20. The molecule has 0 spiro atoms. The van der Waals surface area contributed by atoms with Crippen molar-refractivity contribution in [3.8, 4) is 5.75 Å². The highest BCUT2D eigenvalue weighted by Crippen LogP contribution is 2.27. The maximum atomic E-state index is 12.2. The monoisotopic (exact) mass is 503 g/mol. The first-order valence-corrected chi connectivity index (χ1v) is 11.9. The summed E-state index contributed by atoms with van der Waals surface area (Å²) in [5.41, 5.74) is 1.98. The van der Waals surface area contributed by atoms with Gasteiger partial charge in [-0.2, -0.15) is 0 Å². The molecule has 170 valence electrons. The molecule has 4 rings (SSSR count). The number of thioether (sulfide) groups is 1. The summed E-state index contributed by atoms with van der Waals surface area (Å²) < 4.78 is 11.8. The molecule has 0 saturated carbocycles. The van der Waals surface area contributed by atoms with Crippen LogP contribution in [0.25, 0.3) is 10.2 Å². The third kappa shape index (κ3) is 6.67. The molecule has 2 aromatic heterocycles. The Labute approximate surface area is 201 Å². The van der Waals surface area contributed by atoms with Crippen molar-refractivity contribution in [2.75, 3.05) is 17.7 Å². The van der Waals surface area contributed by atoms with Crippen LogP contribution < -0.4 is 15.4 Å². The Morgan fingerprint density at radius 1 is 1.15 bits per heavy atom. The van der Waals surface area contributed by atoms with E-state index >= 15 is 0 Å². The number of carbonyl (C=O) groups excluding carboxylic acids is 2. The molecule has 0 radical (unpaired) electrons. The van der Waals surface area contributed by atoms with Crippen LogP contribution in [0.4, 0.5) is 5.13 Å². The first-order valence-electron chi connectivity index (χ1n) is 9.72. The standard InChI is InChI=1S/C21H18ClN5O4S2/c1-12-2-7-15-16(8-12)33-20(24-15)25-18(29)11-32-21-27-26-19(31-21)9-23-17(28)10-30-14-5-3-13(22)4-6-14/h2-8H,9-11H2,1H3,(H,23,28)(H,24,25,29). The number of aryl methyl sites for hydroxylation is 1. The van der Waals surface area contributed by atoms with Crippen LogP contribution in [0, 0.1) is 6.92 Å². The molecule has 0 aliphatic heterocycles. The first-order chi connectivity index (χ1) is 15.9. The van der Waals surface area contributed by atoms with Gasteiger partial charge in [-0.15, -0.1) is 10.2 Å². The lowest BCUT2D eigenvalue weighted by Gasteiger charge is -2.06. The van der Waals surface area contributed by atoms with Gasteiger partial charge in [-0.25, -0.2) is 4.98 Å². The fraction of sp³-hybridized carbons (Fsp3) is 0.190. The van der Waals surface area contributed by atoms with Crippen LogP contribution in [0.1, 0.15) is 11.5 Å². The summed E-state index contributed by atoms with van der Waals surface area (Å²) in [6.07, 6.45) is 0. The van der Waals surface area contributed by atoms with E-state index in [0.717, 1.165) is 27.5 Å². The fourth-order valence-electron chi connectivity index (χ4n) is 2.64. The lowest BCUT2D eigenvalue weighted by atomic mass is 10.2. The molecule has 0 unspecified atom stereocenters. The predicted molar refractivity (Wildman–Crippen MR) is 127 cm³/mol. The maximum absolute atomic E-state index is 12.2. The SMILES string of the molecule is Cc1ccc2nc(NC(=O)CSc3nnc(CNC(=O)COc4ccc(Cl)cc4)o3)sc2c1. The van der Waals surface area contributed by atoms with E-state index in [1.165, 1.54) is 11.3 Å². The molecule has 12 heteroatoms. The van der Waals surface area contributed by atoms with Gasteiger partial charge in [0.1, 0.15) is 5.75 Å². The number of ether oxygens (including phenoxy) is 1. The minimum absolute atomic E-state index is 0.0493. The topological polar surface area (TPSA) is 119 Å². The van der Waals surface area contributed by atoms with Crippen molar-refractivity contribution >= 4 is 61.9 Å². The molecule has 2 N–H and O–H groups in total. The van der Waals surface area contributed by atoms with E-state index in [0.29, 0.717) is 15.9 Å². The molecular weight excluding hydrogens is 486 g/mol.